The maximum atomic E-state index is 14.8. The standard InChI is InChI=1S/C29H24FN7O/c30-22-12-18(17-37-7-9-38-10-8-37)11-20(13-22)23-4-1-5-25-26(23)34-29(33-25)27-24-14-21(16-32-28(24)36-35-27)19-3-2-6-31-15-19/h1-6,11-16H,7-10,17H2,(H,33,34)(H,32,35,36). The zero-order valence-corrected chi connectivity index (χ0v) is 20.5. The minimum Gasteiger partial charge on any atom is -0.379 e. The Bertz CT molecular complexity index is 1760. The smallest absolute Gasteiger partial charge is 0.181 e. The van der Waals surface area contributed by atoms with Crippen LogP contribution in [0.3, 0.4) is 0 Å². The molecule has 0 saturated carbocycles. The van der Waals surface area contributed by atoms with Crippen LogP contribution in [0.15, 0.2) is 73.2 Å². The summed E-state index contributed by atoms with van der Waals surface area (Å²) in [4.78, 5) is 19.4. The third-order valence-corrected chi connectivity index (χ3v) is 6.93. The highest BCUT2D eigenvalue weighted by Gasteiger charge is 2.17. The molecule has 7 rings (SSSR count). The van der Waals surface area contributed by atoms with Gasteiger partial charge in [0, 0.05) is 54.9 Å². The summed E-state index contributed by atoms with van der Waals surface area (Å²) in [6.45, 7) is 3.79. The lowest BCUT2D eigenvalue weighted by Gasteiger charge is -2.26. The average Bonchev–Trinajstić information content (AvgIpc) is 3.57. The van der Waals surface area contributed by atoms with Crippen LogP contribution < -0.4 is 0 Å². The number of para-hydroxylation sites is 1. The first-order chi connectivity index (χ1) is 18.7. The molecule has 8 nitrogen and oxygen atoms in total. The zero-order valence-electron chi connectivity index (χ0n) is 20.5. The van der Waals surface area contributed by atoms with Crippen LogP contribution in [-0.2, 0) is 11.3 Å². The normalized spacial score (nSPS) is 14.4. The van der Waals surface area contributed by atoms with Gasteiger partial charge in [-0.25, -0.2) is 14.4 Å². The Morgan fingerprint density at radius 2 is 1.87 bits per heavy atom. The molecular formula is C29H24FN7O. The Morgan fingerprint density at radius 1 is 0.947 bits per heavy atom. The number of H-pyrrole nitrogens is 2. The van der Waals surface area contributed by atoms with Crippen molar-refractivity contribution in [2.45, 2.75) is 6.54 Å². The van der Waals surface area contributed by atoms with Gasteiger partial charge in [0.2, 0.25) is 0 Å². The van der Waals surface area contributed by atoms with Crippen LogP contribution in [0.5, 0.6) is 0 Å². The predicted molar refractivity (Wildman–Crippen MR) is 144 cm³/mol. The molecule has 38 heavy (non-hydrogen) atoms. The first kappa shape index (κ1) is 22.7. The molecule has 0 amide bonds. The summed E-state index contributed by atoms with van der Waals surface area (Å²) in [6, 6.07) is 17.1. The van der Waals surface area contributed by atoms with Crippen LogP contribution in [0.4, 0.5) is 4.39 Å². The summed E-state index contributed by atoms with van der Waals surface area (Å²) in [5.74, 6) is 0.386. The fraction of sp³-hybridized carbons (Fsp3) is 0.172. The van der Waals surface area contributed by atoms with E-state index in [4.69, 9.17) is 9.72 Å². The van der Waals surface area contributed by atoms with Crippen LogP contribution in [0.2, 0.25) is 0 Å². The molecule has 2 N–H and O–H groups in total. The predicted octanol–water partition coefficient (Wildman–Crippen LogP) is 5.20. The Labute approximate surface area is 217 Å². The molecule has 5 heterocycles. The third kappa shape index (κ3) is 4.21. The van der Waals surface area contributed by atoms with E-state index >= 15 is 0 Å². The zero-order chi connectivity index (χ0) is 25.5. The Kier molecular flexibility index (Phi) is 5.64. The number of nitrogens with one attached hydrogen (secondary N) is 2. The highest BCUT2D eigenvalue weighted by Crippen LogP contribution is 2.33. The fourth-order valence-corrected chi connectivity index (χ4v) is 5.07. The number of hydrogen-bond donors (Lipinski definition) is 2. The SMILES string of the molecule is Fc1cc(CN2CCOCC2)cc(-c2cccc3[nH]c(-c4[nH]nc5ncc(-c6cccnc6)cc45)nc23)c1. The number of ether oxygens (including phenoxy) is 1. The average molecular weight is 506 g/mol. The van der Waals surface area contributed by atoms with E-state index in [0.717, 1.165) is 63.0 Å². The fourth-order valence-electron chi connectivity index (χ4n) is 5.07. The van der Waals surface area contributed by atoms with Gasteiger partial charge in [-0.05, 0) is 47.5 Å². The number of imidazole rings is 1. The number of nitrogens with zero attached hydrogens (tertiary/aromatic N) is 5. The summed E-state index contributed by atoms with van der Waals surface area (Å²) in [5, 5.41) is 8.33. The van der Waals surface area contributed by atoms with E-state index in [2.05, 4.69) is 36.1 Å². The first-order valence-corrected chi connectivity index (χ1v) is 12.5. The molecule has 0 atom stereocenters. The van der Waals surface area contributed by atoms with Crippen molar-refractivity contribution >= 4 is 22.1 Å². The number of rotatable bonds is 5. The molecule has 188 valence electrons. The van der Waals surface area contributed by atoms with Crippen molar-refractivity contribution < 1.29 is 9.13 Å². The van der Waals surface area contributed by atoms with Gasteiger partial charge in [-0.2, -0.15) is 5.10 Å². The number of pyridine rings is 2. The summed E-state index contributed by atoms with van der Waals surface area (Å²) < 4.78 is 20.2. The number of fused-ring (bicyclic) bond motifs is 2. The molecule has 0 aliphatic carbocycles. The summed E-state index contributed by atoms with van der Waals surface area (Å²) in [6.07, 6.45) is 5.34. The van der Waals surface area contributed by atoms with Gasteiger partial charge in [0.15, 0.2) is 11.5 Å². The number of morpholine rings is 1. The van der Waals surface area contributed by atoms with Crippen LogP contribution in [-0.4, -0.2) is 61.3 Å². The first-order valence-electron chi connectivity index (χ1n) is 12.5. The van der Waals surface area contributed by atoms with E-state index in [1.807, 2.05) is 42.6 Å². The van der Waals surface area contributed by atoms with Crippen LogP contribution >= 0.6 is 0 Å². The molecule has 0 unspecified atom stereocenters. The lowest BCUT2D eigenvalue weighted by Crippen LogP contribution is -2.35. The molecule has 0 bridgehead atoms. The molecule has 4 aromatic heterocycles. The maximum absolute atomic E-state index is 14.8. The lowest BCUT2D eigenvalue weighted by molar-refractivity contribution is 0.0341. The van der Waals surface area contributed by atoms with Crippen molar-refractivity contribution in [2.75, 3.05) is 26.3 Å². The monoisotopic (exact) mass is 505 g/mol. The summed E-state index contributed by atoms with van der Waals surface area (Å²) in [7, 11) is 0. The van der Waals surface area contributed by atoms with Crippen molar-refractivity contribution in [2.24, 2.45) is 0 Å². The minimum absolute atomic E-state index is 0.257. The second kappa shape index (κ2) is 9.44. The van der Waals surface area contributed by atoms with E-state index in [1.54, 1.807) is 24.5 Å². The van der Waals surface area contributed by atoms with Crippen LogP contribution in [0.1, 0.15) is 5.56 Å². The summed E-state index contributed by atoms with van der Waals surface area (Å²) >= 11 is 0. The molecule has 1 saturated heterocycles. The van der Waals surface area contributed by atoms with Gasteiger partial charge in [0.1, 0.15) is 11.5 Å². The van der Waals surface area contributed by atoms with E-state index in [9.17, 15) is 4.39 Å². The van der Waals surface area contributed by atoms with Gasteiger partial charge in [-0.1, -0.05) is 18.2 Å². The van der Waals surface area contributed by atoms with Gasteiger partial charge in [-0.15, -0.1) is 0 Å². The van der Waals surface area contributed by atoms with E-state index in [-0.39, 0.29) is 5.82 Å². The quantitative estimate of drug-likeness (QED) is 0.334. The van der Waals surface area contributed by atoms with Crippen molar-refractivity contribution in [3.63, 3.8) is 0 Å². The molecule has 9 heteroatoms. The van der Waals surface area contributed by atoms with Gasteiger partial charge in [0.25, 0.3) is 0 Å². The summed E-state index contributed by atoms with van der Waals surface area (Å²) in [5.41, 5.74) is 7.48. The van der Waals surface area contributed by atoms with Gasteiger partial charge in [-0.3, -0.25) is 15.0 Å². The van der Waals surface area contributed by atoms with Crippen LogP contribution in [0, 0.1) is 5.82 Å². The molecule has 1 aliphatic heterocycles. The molecule has 1 aliphatic rings. The molecule has 0 radical (unpaired) electrons. The Morgan fingerprint density at radius 3 is 2.74 bits per heavy atom. The number of hydrogen-bond acceptors (Lipinski definition) is 6. The Hall–Kier alpha value is -4.47. The maximum Gasteiger partial charge on any atom is 0.181 e. The topological polar surface area (TPSA) is 95.6 Å². The number of benzene rings is 2. The van der Waals surface area contributed by atoms with E-state index in [0.29, 0.717) is 31.2 Å². The largest absolute Gasteiger partial charge is 0.379 e. The minimum atomic E-state index is -0.257. The van der Waals surface area contributed by atoms with Gasteiger partial charge in [0.05, 0.1) is 29.6 Å². The highest BCUT2D eigenvalue weighted by atomic mass is 19.1. The van der Waals surface area contributed by atoms with Crippen molar-refractivity contribution in [1.82, 2.24) is 35.0 Å². The molecular weight excluding hydrogens is 481 g/mol. The van der Waals surface area contributed by atoms with Gasteiger partial charge < -0.3 is 9.72 Å². The number of aromatic amines is 2. The van der Waals surface area contributed by atoms with Crippen molar-refractivity contribution in [3.05, 3.63) is 84.6 Å². The number of aromatic nitrogens is 6. The second-order valence-electron chi connectivity index (χ2n) is 9.46. The third-order valence-electron chi connectivity index (χ3n) is 6.93. The second-order valence-corrected chi connectivity index (χ2v) is 9.46. The van der Waals surface area contributed by atoms with Crippen molar-refractivity contribution in [3.8, 4) is 33.8 Å². The lowest BCUT2D eigenvalue weighted by atomic mass is 10.0. The number of halogens is 1. The highest BCUT2D eigenvalue weighted by molar-refractivity contribution is 5.97. The van der Waals surface area contributed by atoms with Crippen molar-refractivity contribution in [1.29, 1.82) is 0 Å². The Balaban J connectivity index is 1.29. The molecule has 1 fully saturated rings. The molecule has 0 spiro atoms. The van der Waals surface area contributed by atoms with E-state index < -0.39 is 0 Å². The molecule has 2 aromatic carbocycles. The molecule has 6 aromatic rings. The van der Waals surface area contributed by atoms with Gasteiger partial charge >= 0.3 is 0 Å². The van der Waals surface area contributed by atoms with E-state index in [1.165, 1.54) is 0 Å². The van der Waals surface area contributed by atoms with Crippen LogP contribution in [0.25, 0.3) is 55.8 Å².